The minimum atomic E-state index is 0.310. The fraction of sp³-hybridized carbons (Fsp3) is 0.857. The lowest BCUT2D eigenvalue weighted by Crippen LogP contribution is -1.99. The molecule has 2 heteroatoms. The molecule has 0 saturated carbocycles. The number of carbonyl (C=O) groups is 1. The number of hydrogen-bond acceptors (Lipinski definition) is 2. The third-order valence-corrected chi connectivity index (χ3v) is 2.06. The summed E-state index contributed by atoms with van der Waals surface area (Å²) in [5.41, 5.74) is 0. The van der Waals surface area contributed by atoms with Gasteiger partial charge in [0.1, 0.15) is 0 Å². The predicted octanol–water partition coefficient (Wildman–Crippen LogP) is 2.31. The van der Waals surface area contributed by atoms with E-state index in [0.717, 1.165) is 12.8 Å². The Morgan fingerprint density at radius 3 is 2.56 bits per heavy atom. The Hall–Kier alpha value is 0.0200. The van der Waals surface area contributed by atoms with E-state index in [1.165, 1.54) is 11.8 Å². The van der Waals surface area contributed by atoms with Crippen molar-refractivity contribution in [3.8, 4) is 0 Å². The van der Waals surface area contributed by atoms with Crippen molar-refractivity contribution < 1.29 is 4.79 Å². The normalized spacial score (nSPS) is 13.2. The summed E-state index contributed by atoms with van der Waals surface area (Å²) in [4.78, 5) is 10.7. The van der Waals surface area contributed by atoms with Gasteiger partial charge in [0, 0.05) is 6.42 Å². The fourth-order valence-corrected chi connectivity index (χ4v) is 0.963. The van der Waals surface area contributed by atoms with Crippen molar-refractivity contribution in [2.45, 2.75) is 26.7 Å². The van der Waals surface area contributed by atoms with Crippen LogP contribution in [0.1, 0.15) is 26.7 Å². The molecule has 0 heterocycles. The van der Waals surface area contributed by atoms with Crippen LogP contribution in [0.5, 0.6) is 0 Å². The summed E-state index contributed by atoms with van der Waals surface area (Å²) in [6.45, 7) is 4.21. The Morgan fingerprint density at radius 1 is 1.67 bits per heavy atom. The second kappa shape index (κ2) is 4.86. The summed E-state index contributed by atoms with van der Waals surface area (Å²) >= 11 is 1.33. The highest BCUT2D eigenvalue weighted by atomic mass is 32.2. The molecule has 1 nitrogen and oxygen atoms in total. The number of hydrogen-bond donors (Lipinski definition) is 0. The molecule has 0 saturated heterocycles. The van der Waals surface area contributed by atoms with Crippen molar-refractivity contribution in [1.29, 1.82) is 0 Å². The number of rotatable bonds is 3. The van der Waals surface area contributed by atoms with Crippen molar-refractivity contribution >= 4 is 16.9 Å². The molecule has 0 radical (unpaired) electrons. The maximum absolute atomic E-state index is 10.7. The van der Waals surface area contributed by atoms with Gasteiger partial charge < -0.3 is 0 Å². The maximum atomic E-state index is 10.7. The van der Waals surface area contributed by atoms with Crippen LogP contribution in [0.15, 0.2) is 0 Å². The molecule has 54 valence electrons. The largest absolute Gasteiger partial charge is 0.287 e. The molecule has 0 aliphatic heterocycles. The van der Waals surface area contributed by atoms with Gasteiger partial charge >= 0.3 is 0 Å². The lowest BCUT2D eigenvalue weighted by molar-refractivity contribution is -0.111. The van der Waals surface area contributed by atoms with E-state index in [2.05, 4.69) is 13.8 Å². The van der Waals surface area contributed by atoms with E-state index in [1.807, 2.05) is 6.26 Å². The Balaban J connectivity index is 3.34. The van der Waals surface area contributed by atoms with Crippen molar-refractivity contribution in [2.75, 3.05) is 6.26 Å². The third-order valence-electron chi connectivity index (χ3n) is 1.44. The van der Waals surface area contributed by atoms with E-state index in [1.54, 1.807) is 0 Å². The zero-order valence-electron chi connectivity index (χ0n) is 6.31. The molecule has 0 bridgehead atoms. The van der Waals surface area contributed by atoms with Crippen LogP contribution in [0, 0.1) is 5.92 Å². The molecular formula is C7H14OS. The monoisotopic (exact) mass is 146 g/mol. The van der Waals surface area contributed by atoms with E-state index in [9.17, 15) is 4.79 Å². The first-order chi connectivity index (χ1) is 4.20. The predicted molar refractivity (Wildman–Crippen MR) is 42.6 cm³/mol. The van der Waals surface area contributed by atoms with Gasteiger partial charge in [-0.05, 0) is 12.2 Å². The van der Waals surface area contributed by atoms with Crippen molar-refractivity contribution in [1.82, 2.24) is 0 Å². The molecule has 0 rings (SSSR count). The molecule has 0 aliphatic carbocycles. The first-order valence-corrected chi connectivity index (χ1v) is 4.50. The quantitative estimate of drug-likeness (QED) is 0.607. The topological polar surface area (TPSA) is 17.1 Å². The van der Waals surface area contributed by atoms with E-state index >= 15 is 0 Å². The molecule has 0 spiro atoms. The Morgan fingerprint density at radius 2 is 2.22 bits per heavy atom. The lowest BCUT2D eigenvalue weighted by Gasteiger charge is -2.03. The second-order valence-corrected chi connectivity index (χ2v) is 3.16. The lowest BCUT2D eigenvalue weighted by atomic mass is 10.1. The Labute approximate surface area is 61.2 Å². The Bertz CT molecular complexity index is 90.9. The molecule has 0 amide bonds. The van der Waals surface area contributed by atoms with Crippen LogP contribution >= 0.6 is 11.8 Å². The van der Waals surface area contributed by atoms with Gasteiger partial charge in [0.25, 0.3) is 0 Å². The number of thioether (sulfide) groups is 1. The zero-order chi connectivity index (χ0) is 7.28. The molecule has 0 aromatic carbocycles. The number of carbonyl (C=O) groups excluding carboxylic acids is 1. The maximum Gasteiger partial charge on any atom is 0.188 e. The van der Waals surface area contributed by atoms with E-state index in [-0.39, 0.29) is 0 Å². The van der Waals surface area contributed by atoms with Crippen molar-refractivity contribution in [3.05, 3.63) is 0 Å². The second-order valence-electron chi connectivity index (χ2n) is 2.29. The SMILES string of the molecule is CCC(C)CC(=O)SC. The molecule has 1 unspecified atom stereocenters. The summed E-state index contributed by atoms with van der Waals surface area (Å²) in [5, 5.41) is 0.310. The van der Waals surface area contributed by atoms with Gasteiger partial charge in [0.2, 0.25) is 0 Å². The molecule has 9 heavy (non-hydrogen) atoms. The summed E-state index contributed by atoms with van der Waals surface area (Å²) in [5.74, 6) is 0.560. The zero-order valence-corrected chi connectivity index (χ0v) is 7.12. The van der Waals surface area contributed by atoms with Gasteiger partial charge in [-0.1, -0.05) is 32.0 Å². The Kier molecular flexibility index (Phi) is 4.87. The van der Waals surface area contributed by atoms with Gasteiger partial charge in [-0.3, -0.25) is 4.79 Å². The van der Waals surface area contributed by atoms with Crippen LogP contribution in [-0.4, -0.2) is 11.4 Å². The highest BCUT2D eigenvalue weighted by molar-refractivity contribution is 8.13. The standard InChI is InChI=1S/C7H14OS/c1-4-6(2)5-7(8)9-3/h6H,4-5H2,1-3H3. The van der Waals surface area contributed by atoms with E-state index in [4.69, 9.17) is 0 Å². The van der Waals surface area contributed by atoms with Crippen molar-refractivity contribution in [2.24, 2.45) is 5.92 Å². The minimum Gasteiger partial charge on any atom is -0.287 e. The third kappa shape index (κ3) is 4.52. The highest BCUT2D eigenvalue weighted by Gasteiger charge is 2.04. The summed E-state index contributed by atoms with van der Waals surface area (Å²) in [6.07, 6.45) is 3.68. The molecule has 1 atom stereocenters. The van der Waals surface area contributed by atoms with Gasteiger partial charge in [0.15, 0.2) is 5.12 Å². The average Bonchev–Trinajstić information content (AvgIpc) is 1.87. The highest BCUT2D eigenvalue weighted by Crippen LogP contribution is 2.11. The molecule has 0 fully saturated rings. The van der Waals surface area contributed by atoms with Gasteiger partial charge in [-0.15, -0.1) is 0 Å². The summed E-state index contributed by atoms with van der Waals surface area (Å²) in [7, 11) is 0. The van der Waals surface area contributed by atoms with Crippen LogP contribution in [0.2, 0.25) is 0 Å². The van der Waals surface area contributed by atoms with Gasteiger partial charge in [-0.2, -0.15) is 0 Å². The molecule has 0 N–H and O–H groups in total. The molecule has 0 aromatic rings. The smallest absolute Gasteiger partial charge is 0.188 e. The van der Waals surface area contributed by atoms with E-state index in [0.29, 0.717) is 11.0 Å². The van der Waals surface area contributed by atoms with Crippen LogP contribution in [0.25, 0.3) is 0 Å². The molecule has 0 aliphatic rings. The van der Waals surface area contributed by atoms with Gasteiger partial charge in [-0.25, -0.2) is 0 Å². The van der Waals surface area contributed by atoms with E-state index < -0.39 is 0 Å². The molecular weight excluding hydrogens is 132 g/mol. The summed E-state index contributed by atoms with van der Waals surface area (Å²) < 4.78 is 0. The van der Waals surface area contributed by atoms with Crippen LogP contribution in [0.3, 0.4) is 0 Å². The molecule has 0 aromatic heterocycles. The average molecular weight is 146 g/mol. The van der Waals surface area contributed by atoms with Crippen molar-refractivity contribution in [3.63, 3.8) is 0 Å². The van der Waals surface area contributed by atoms with Gasteiger partial charge in [0.05, 0.1) is 0 Å². The fourth-order valence-electron chi connectivity index (χ4n) is 0.512. The van der Waals surface area contributed by atoms with Crippen LogP contribution in [0.4, 0.5) is 0 Å². The first-order valence-electron chi connectivity index (χ1n) is 3.27. The first kappa shape index (κ1) is 9.02. The van der Waals surface area contributed by atoms with Crippen LogP contribution < -0.4 is 0 Å². The minimum absolute atomic E-state index is 0.310. The summed E-state index contributed by atoms with van der Waals surface area (Å²) in [6, 6.07) is 0. The van der Waals surface area contributed by atoms with Crippen LogP contribution in [-0.2, 0) is 4.79 Å².